The van der Waals surface area contributed by atoms with Crippen LogP contribution in [0.2, 0.25) is 0 Å². The molecular formula is C30H50O6. The minimum Gasteiger partial charge on any atom is -0.393 e. The minimum atomic E-state index is -1.74. The highest BCUT2D eigenvalue weighted by atomic mass is 16.9. The van der Waals surface area contributed by atoms with Gasteiger partial charge in [-0.05, 0) is 101 Å². The van der Waals surface area contributed by atoms with Gasteiger partial charge in [-0.15, -0.1) is 5.73 Å². The van der Waals surface area contributed by atoms with Crippen LogP contribution < -0.4 is 0 Å². The normalized spacial score (nSPS) is 30.7. The second kappa shape index (κ2) is 16.8. The van der Waals surface area contributed by atoms with E-state index in [0.717, 1.165) is 64.2 Å². The van der Waals surface area contributed by atoms with E-state index in [1.54, 1.807) is 0 Å². The van der Waals surface area contributed by atoms with Crippen molar-refractivity contribution in [2.45, 2.75) is 134 Å². The predicted octanol–water partition coefficient (Wildman–Crippen LogP) is 6.51. The van der Waals surface area contributed by atoms with Crippen LogP contribution in [0.1, 0.15) is 110 Å². The second-order valence-corrected chi connectivity index (χ2v) is 10.6. The molecule has 0 aromatic rings. The lowest BCUT2D eigenvalue weighted by Gasteiger charge is -2.36. The Hall–Kier alpha value is -0.980. The van der Waals surface area contributed by atoms with Crippen molar-refractivity contribution < 1.29 is 29.2 Å². The summed E-state index contributed by atoms with van der Waals surface area (Å²) in [6, 6.07) is 0. The van der Waals surface area contributed by atoms with Crippen LogP contribution in [-0.2, 0) is 18.9 Å². The molecule has 0 amide bonds. The van der Waals surface area contributed by atoms with Crippen molar-refractivity contribution in [2.24, 2.45) is 11.8 Å². The van der Waals surface area contributed by atoms with Gasteiger partial charge in [-0.1, -0.05) is 38.3 Å². The van der Waals surface area contributed by atoms with Gasteiger partial charge in [0.1, 0.15) is 0 Å². The quantitative estimate of drug-likeness (QED) is 0.114. The average Bonchev–Trinajstić information content (AvgIpc) is 3.23. The van der Waals surface area contributed by atoms with Crippen LogP contribution in [0.15, 0.2) is 30.0 Å². The molecule has 0 bridgehead atoms. The van der Waals surface area contributed by atoms with Gasteiger partial charge < -0.3 is 19.7 Å². The molecule has 2 saturated heterocycles. The molecule has 0 spiro atoms. The van der Waals surface area contributed by atoms with Crippen LogP contribution in [0.4, 0.5) is 0 Å². The zero-order valence-electron chi connectivity index (χ0n) is 22.5. The molecule has 2 unspecified atom stereocenters. The molecule has 2 heterocycles. The van der Waals surface area contributed by atoms with E-state index < -0.39 is 18.6 Å². The maximum absolute atomic E-state index is 11.2. The van der Waals surface area contributed by atoms with Crippen LogP contribution in [0.25, 0.3) is 0 Å². The predicted molar refractivity (Wildman–Crippen MR) is 141 cm³/mol. The first-order valence-corrected chi connectivity index (χ1v) is 14.6. The third kappa shape index (κ3) is 10.8. The second-order valence-electron chi connectivity index (χ2n) is 10.6. The molecule has 0 radical (unpaired) electrons. The molecule has 3 fully saturated rings. The Morgan fingerprint density at radius 2 is 1.61 bits per heavy atom. The lowest BCUT2D eigenvalue weighted by molar-refractivity contribution is -0.441. The molecule has 2 N–H and O–H groups in total. The zero-order chi connectivity index (χ0) is 25.5. The average molecular weight is 507 g/mol. The lowest BCUT2D eigenvalue weighted by Crippen LogP contribution is -2.45. The molecule has 6 nitrogen and oxygen atoms in total. The SMILES string of the molecule is CCCCCCC=C[C@H]1CC[C@H](O)[C@@H]1CC=C=CCCC(O)(OC1CCCCO1)OC1CCCCO1. The van der Waals surface area contributed by atoms with Gasteiger partial charge in [0.2, 0.25) is 0 Å². The van der Waals surface area contributed by atoms with Crippen molar-refractivity contribution in [1.29, 1.82) is 0 Å². The van der Waals surface area contributed by atoms with E-state index >= 15 is 0 Å². The van der Waals surface area contributed by atoms with Crippen LogP contribution >= 0.6 is 0 Å². The molecule has 206 valence electrons. The van der Waals surface area contributed by atoms with Crippen LogP contribution in [0, 0.1) is 11.8 Å². The molecule has 0 aromatic heterocycles. The Balaban J connectivity index is 1.46. The van der Waals surface area contributed by atoms with Gasteiger partial charge in [0.25, 0.3) is 5.97 Å². The Kier molecular flexibility index (Phi) is 13.8. The van der Waals surface area contributed by atoms with E-state index in [0.29, 0.717) is 25.6 Å². The number of hydrogen-bond donors (Lipinski definition) is 2. The van der Waals surface area contributed by atoms with Crippen molar-refractivity contribution in [1.82, 2.24) is 0 Å². The molecule has 1 aliphatic carbocycles. The summed E-state index contributed by atoms with van der Waals surface area (Å²) >= 11 is 0. The summed E-state index contributed by atoms with van der Waals surface area (Å²) in [5.74, 6) is -1.04. The molecule has 1 saturated carbocycles. The van der Waals surface area contributed by atoms with Crippen molar-refractivity contribution in [2.75, 3.05) is 13.2 Å². The molecular weight excluding hydrogens is 456 g/mol. The van der Waals surface area contributed by atoms with Crippen molar-refractivity contribution in [3.05, 3.63) is 30.0 Å². The molecule has 2 aliphatic heterocycles. The fraction of sp³-hybridized carbons (Fsp3) is 0.833. The van der Waals surface area contributed by atoms with Gasteiger partial charge in [-0.2, -0.15) is 0 Å². The standard InChI is InChI=1S/C30H50O6/c1-2-3-4-5-6-9-16-25-20-21-27(31)26(25)17-10-7-8-13-22-30(32,35-28-18-11-14-23-33-28)36-29-19-12-15-24-34-29/h8-10,16,25-29,31-32H,2-6,11-15,17-24H2,1H3/t7?,25-,26+,27-,28?,29?,30?/m0/s1. The first-order chi connectivity index (χ1) is 17.6. The van der Waals surface area contributed by atoms with E-state index in [2.05, 4.69) is 24.8 Å². The third-order valence-electron chi connectivity index (χ3n) is 7.58. The van der Waals surface area contributed by atoms with E-state index in [1.165, 1.54) is 25.7 Å². The van der Waals surface area contributed by atoms with Crippen molar-refractivity contribution in [3.63, 3.8) is 0 Å². The van der Waals surface area contributed by atoms with Gasteiger partial charge in [0.15, 0.2) is 12.6 Å². The summed E-state index contributed by atoms with van der Waals surface area (Å²) in [4.78, 5) is 0. The summed E-state index contributed by atoms with van der Waals surface area (Å²) in [7, 11) is 0. The largest absolute Gasteiger partial charge is 0.393 e. The highest BCUT2D eigenvalue weighted by Crippen LogP contribution is 2.36. The van der Waals surface area contributed by atoms with Gasteiger partial charge in [-0.3, -0.25) is 9.47 Å². The Morgan fingerprint density at radius 3 is 2.25 bits per heavy atom. The number of allylic oxidation sites excluding steroid dienone is 3. The van der Waals surface area contributed by atoms with E-state index in [4.69, 9.17) is 18.9 Å². The van der Waals surface area contributed by atoms with Crippen LogP contribution in [0.3, 0.4) is 0 Å². The summed E-state index contributed by atoms with van der Waals surface area (Å²) < 4.78 is 23.1. The Morgan fingerprint density at radius 1 is 0.889 bits per heavy atom. The van der Waals surface area contributed by atoms with Gasteiger partial charge in [0, 0.05) is 19.6 Å². The molecule has 36 heavy (non-hydrogen) atoms. The molecule has 6 heteroatoms. The molecule has 5 atom stereocenters. The first kappa shape index (κ1) is 29.6. The van der Waals surface area contributed by atoms with Crippen LogP contribution in [0.5, 0.6) is 0 Å². The van der Waals surface area contributed by atoms with Crippen LogP contribution in [-0.4, -0.2) is 48.1 Å². The molecule has 0 aromatic carbocycles. The number of aliphatic hydroxyl groups excluding tert-OH is 1. The number of rotatable bonds is 15. The Bertz CT molecular complexity index is 653. The third-order valence-corrected chi connectivity index (χ3v) is 7.58. The number of unbranched alkanes of at least 4 members (excludes halogenated alkanes) is 4. The van der Waals surface area contributed by atoms with E-state index in [9.17, 15) is 10.2 Å². The number of aliphatic hydroxyl groups is 2. The lowest BCUT2D eigenvalue weighted by atomic mass is 9.91. The maximum Gasteiger partial charge on any atom is 0.285 e. The van der Waals surface area contributed by atoms with Crippen molar-refractivity contribution >= 4 is 0 Å². The fourth-order valence-corrected chi connectivity index (χ4v) is 5.40. The highest BCUT2D eigenvalue weighted by molar-refractivity contribution is 5.01. The first-order valence-electron chi connectivity index (χ1n) is 14.6. The Labute approximate surface area is 218 Å². The van der Waals surface area contributed by atoms with Gasteiger partial charge in [-0.25, -0.2) is 0 Å². The number of hydrogen-bond acceptors (Lipinski definition) is 6. The maximum atomic E-state index is 11.2. The smallest absolute Gasteiger partial charge is 0.285 e. The van der Waals surface area contributed by atoms with Crippen molar-refractivity contribution in [3.8, 4) is 0 Å². The zero-order valence-corrected chi connectivity index (χ0v) is 22.5. The summed E-state index contributed by atoms with van der Waals surface area (Å²) in [6.07, 6.45) is 22.9. The monoisotopic (exact) mass is 506 g/mol. The van der Waals surface area contributed by atoms with E-state index in [-0.39, 0.29) is 18.4 Å². The van der Waals surface area contributed by atoms with E-state index in [1.807, 2.05) is 12.2 Å². The number of ether oxygens (including phenoxy) is 4. The van der Waals surface area contributed by atoms with Gasteiger partial charge >= 0.3 is 0 Å². The fourth-order valence-electron chi connectivity index (χ4n) is 5.40. The molecule has 3 rings (SSSR count). The van der Waals surface area contributed by atoms with Gasteiger partial charge in [0.05, 0.1) is 6.10 Å². The highest BCUT2D eigenvalue weighted by Gasteiger charge is 2.37. The summed E-state index contributed by atoms with van der Waals surface area (Å²) in [5.41, 5.74) is 3.25. The minimum absolute atomic E-state index is 0.240. The molecule has 3 aliphatic rings. The summed E-state index contributed by atoms with van der Waals surface area (Å²) in [5, 5.41) is 21.6. The summed E-state index contributed by atoms with van der Waals surface area (Å²) in [6.45, 7) is 3.53. The topological polar surface area (TPSA) is 77.4 Å².